The Morgan fingerprint density at radius 2 is 1.92 bits per heavy atom. The first-order valence-corrected chi connectivity index (χ1v) is 8.07. The van der Waals surface area contributed by atoms with Crippen LogP contribution in [0.1, 0.15) is 11.3 Å². The second kappa shape index (κ2) is 8.15. The maximum Gasteiger partial charge on any atom is 0.226 e. The van der Waals surface area contributed by atoms with Crippen LogP contribution < -0.4 is 10.6 Å². The Morgan fingerprint density at radius 3 is 2.65 bits per heavy atom. The molecule has 3 N–H and O–H groups in total. The summed E-state index contributed by atoms with van der Waals surface area (Å²) in [6.07, 6.45) is 1.60. The van der Waals surface area contributed by atoms with Crippen molar-refractivity contribution in [2.75, 3.05) is 7.05 Å². The molecule has 0 amide bonds. The van der Waals surface area contributed by atoms with Crippen LogP contribution in [-0.4, -0.2) is 23.1 Å². The number of nitrogens with zero attached hydrogens (tertiary/aromatic N) is 2. The lowest BCUT2D eigenvalue weighted by Gasteiger charge is -2.11. The van der Waals surface area contributed by atoms with Crippen molar-refractivity contribution in [2.45, 2.75) is 13.1 Å². The van der Waals surface area contributed by atoms with E-state index in [4.69, 9.17) is 4.42 Å². The van der Waals surface area contributed by atoms with Crippen LogP contribution in [0, 0.1) is 5.82 Å². The van der Waals surface area contributed by atoms with Gasteiger partial charge in [0.2, 0.25) is 5.89 Å². The molecule has 0 aliphatic heterocycles. The van der Waals surface area contributed by atoms with Gasteiger partial charge in [-0.1, -0.05) is 24.3 Å². The molecule has 26 heavy (non-hydrogen) atoms. The summed E-state index contributed by atoms with van der Waals surface area (Å²) in [6, 6.07) is 13.9. The summed E-state index contributed by atoms with van der Waals surface area (Å²) in [7, 11) is 1.64. The van der Waals surface area contributed by atoms with Crippen LogP contribution in [0.4, 0.5) is 4.39 Å². The number of aliphatic imine (C=N–C) groups is 1. The summed E-state index contributed by atoms with van der Waals surface area (Å²) in [5, 5.41) is 15.4. The van der Waals surface area contributed by atoms with Gasteiger partial charge in [0, 0.05) is 19.2 Å². The van der Waals surface area contributed by atoms with Crippen LogP contribution in [0.2, 0.25) is 0 Å². The van der Waals surface area contributed by atoms with Gasteiger partial charge in [0.1, 0.15) is 6.26 Å². The van der Waals surface area contributed by atoms with Crippen LogP contribution in [0.3, 0.4) is 0 Å². The summed E-state index contributed by atoms with van der Waals surface area (Å²) >= 11 is 0. The highest BCUT2D eigenvalue weighted by Gasteiger charge is 2.07. The zero-order valence-electron chi connectivity index (χ0n) is 14.2. The van der Waals surface area contributed by atoms with Crippen molar-refractivity contribution in [3.8, 4) is 17.2 Å². The van der Waals surface area contributed by atoms with Gasteiger partial charge < -0.3 is 20.2 Å². The molecule has 7 heteroatoms. The molecule has 0 spiro atoms. The Bertz CT molecular complexity index is 894. The molecule has 6 nitrogen and oxygen atoms in total. The molecule has 0 saturated carbocycles. The van der Waals surface area contributed by atoms with E-state index in [1.807, 2.05) is 30.3 Å². The third-order valence-electron chi connectivity index (χ3n) is 3.71. The van der Waals surface area contributed by atoms with E-state index < -0.39 is 5.82 Å². The zero-order valence-corrected chi connectivity index (χ0v) is 14.2. The van der Waals surface area contributed by atoms with Crippen LogP contribution in [0.15, 0.2) is 64.2 Å². The summed E-state index contributed by atoms with van der Waals surface area (Å²) < 4.78 is 18.8. The monoisotopic (exact) mass is 354 g/mol. The van der Waals surface area contributed by atoms with E-state index in [0.29, 0.717) is 30.5 Å². The summed E-state index contributed by atoms with van der Waals surface area (Å²) in [6.45, 7) is 0.797. The first kappa shape index (κ1) is 17.5. The molecule has 0 atom stereocenters. The summed E-state index contributed by atoms with van der Waals surface area (Å²) in [5.74, 6) is 0.0902. The Balaban J connectivity index is 1.54. The number of hydrogen-bond acceptors (Lipinski definition) is 4. The highest BCUT2D eigenvalue weighted by atomic mass is 19.1. The molecular formula is C19H19FN4O2. The quantitative estimate of drug-likeness (QED) is 0.485. The molecular weight excluding hydrogens is 335 g/mol. The van der Waals surface area contributed by atoms with E-state index in [1.165, 1.54) is 12.1 Å². The molecule has 0 unspecified atom stereocenters. The third kappa shape index (κ3) is 4.38. The number of benzene rings is 2. The Labute approximate surface area is 150 Å². The van der Waals surface area contributed by atoms with Gasteiger partial charge in [0.25, 0.3) is 0 Å². The van der Waals surface area contributed by atoms with Gasteiger partial charge in [-0.15, -0.1) is 0 Å². The van der Waals surface area contributed by atoms with E-state index in [2.05, 4.69) is 20.6 Å². The van der Waals surface area contributed by atoms with Crippen molar-refractivity contribution in [3.05, 3.63) is 71.9 Å². The van der Waals surface area contributed by atoms with E-state index in [9.17, 15) is 9.50 Å². The molecule has 3 rings (SSSR count). The van der Waals surface area contributed by atoms with Crippen LogP contribution in [-0.2, 0) is 13.1 Å². The van der Waals surface area contributed by atoms with Gasteiger partial charge in [0.05, 0.1) is 12.2 Å². The molecule has 3 aromatic rings. The minimum absolute atomic E-state index is 0.364. The standard InChI is InChI=1S/C19H19FN4O2/c1-21-19(22-10-13-7-8-17(25)16(20)9-13)23-11-15-12-26-18(24-15)14-5-3-2-4-6-14/h2-9,12,25H,10-11H2,1H3,(H2,21,22,23). The first-order valence-electron chi connectivity index (χ1n) is 8.07. The number of oxazole rings is 1. The lowest BCUT2D eigenvalue weighted by atomic mass is 10.2. The fourth-order valence-electron chi connectivity index (χ4n) is 2.34. The number of nitrogens with one attached hydrogen (secondary N) is 2. The fourth-order valence-corrected chi connectivity index (χ4v) is 2.34. The van der Waals surface area contributed by atoms with Crippen molar-refractivity contribution >= 4 is 5.96 Å². The van der Waals surface area contributed by atoms with Gasteiger partial charge in [-0.3, -0.25) is 4.99 Å². The molecule has 134 valence electrons. The second-order valence-corrected chi connectivity index (χ2v) is 5.58. The lowest BCUT2D eigenvalue weighted by Crippen LogP contribution is -2.36. The molecule has 0 aliphatic carbocycles. The van der Waals surface area contributed by atoms with Gasteiger partial charge in [0.15, 0.2) is 17.5 Å². The average molecular weight is 354 g/mol. The minimum atomic E-state index is -0.650. The molecule has 0 radical (unpaired) electrons. The Kier molecular flexibility index (Phi) is 5.48. The normalized spacial score (nSPS) is 11.4. The molecule has 0 bridgehead atoms. The molecule has 1 aromatic heterocycles. The SMILES string of the molecule is CN=C(NCc1ccc(O)c(F)c1)NCc1coc(-c2ccccc2)n1. The highest BCUT2D eigenvalue weighted by Crippen LogP contribution is 2.18. The van der Waals surface area contributed by atoms with E-state index >= 15 is 0 Å². The number of halogens is 1. The topological polar surface area (TPSA) is 82.7 Å². The number of phenols is 1. The van der Waals surface area contributed by atoms with E-state index in [1.54, 1.807) is 19.4 Å². The second-order valence-electron chi connectivity index (χ2n) is 5.58. The summed E-state index contributed by atoms with van der Waals surface area (Å²) in [4.78, 5) is 8.55. The smallest absolute Gasteiger partial charge is 0.226 e. The number of guanidine groups is 1. The van der Waals surface area contributed by atoms with Gasteiger partial charge in [-0.2, -0.15) is 0 Å². The van der Waals surface area contributed by atoms with Crippen molar-refractivity contribution in [2.24, 2.45) is 4.99 Å². The van der Waals surface area contributed by atoms with Crippen molar-refractivity contribution in [1.82, 2.24) is 15.6 Å². The van der Waals surface area contributed by atoms with E-state index in [0.717, 1.165) is 11.3 Å². The zero-order chi connectivity index (χ0) is 18.4. The van der Waals surface area contributed by atoms with Crippen LogP contribution in [0.5, 0.6) is 5.75 Å². The van der Waals surface area contributed by atoms with Crippen molar-refractivity contribution < 1.29 is 13.9 Å². The van der Waals surface area contributed by atoms with E-state index in [-0.39, 0.29) is 5.75 Å². The third-order valence-corrected chi connectivity index (χ3v) is 3.71. The Morgan fingerprint density at radius 1 is 1.15 bits per heavy atom. The van der Waals surface area contributed by atoms with Gasteiger partial charge in [-0.25, -0.2) is 9.37 Å². The predicted octanol–water partition coefficient (Wildman–Crippen LogP) is 3.05. The van der Waals surface area contributed by atoms with Crippen LogP contribution >= 0.6 is 0 Å². The summed E-state index contributed by atoms with van der Waals surface area (Å²) in [5.41, 5.74) is 2.34. The van der Waals surface area contributed by atoms with Gasteiger partial charge in [-0.05, 0) is 29.8 Å². The molecule has 0 fully saturated rings. The number of phenolic OH excluding ortho intramolecular Hbond substituents is 1. The first-order chi connectivity index (χ1) is 12.7. The van der Waals surface area contributed by atoms with Gasteiger partial charge >= 0.3 is 0 Å². The van der Waals surface area contributed by atoms with Crippen LogP contribution in [0.25, 0.3) is 11.5 Å². The minimum Gasteiger partial charge on any atom is -0.505 e. The number of hydrogen-bond donors (Lipinski definition) is 3. The number of aromatic nitrogens is 1. The molecule has 2 aromatic carbocycles. The fraction of sp³-hybridized carbons (Fsp3) is 0.158. The number of rotatable bonds is 5. The maximum atomic E-state index is 13.4. The average Bonchev–Trinajstić information content (AvgIpc) is 3.14. The lowest BCUT2D eigenvalue weighted by molar-refractivity contribution is 0.431. The number of aromatic hydroxyl groups is 1. The Hall–Kier alpha value is -3.35. The van der Waals surface area contributed by atoms with Crippen molar-refractivity contribution in [1.29, 1.82) is 0 Å². The molecule has 0 aliphatic rings. The maximum absolute atomic E-state index is 13.4. The highest BCUT2D eigenvalue weighted by molar-refractivity contribution is 5.79. The largest absolute Gasteiger partial charge is 0.505 e. The molecule has 0 saturated heterocycles. The van der Waals surface area contributed by atoms with Crippen molar-refractivity contribution in [3.63, 3.8) is 0 Å². The molecule has 1 heterocycles. The predicted molar refractivity (Wildman–Crippen MR) is 97.0 cm³/mol.